The summed E-state index contributed by atoms with van der Waals surface area (Å²) in [7, 11) is 0. The first-order valence-electron chi connectivity index (χ1n) is 4.52. The molecule has 0 fully saturated rings. The van der Waals surface area contributed by atoms with E-state index in [4.69, 9.17) is 0 Å². The van der Waals surface area contributed by atoms with E-state index in [1.807, 2.05) is 0 Å². The monoisotopic (exact) mass is 240 g/mol. The fourth-order valence-electron chi connectivity index (χ4n) is 1.20. The zero-order valence-electron chi connectivity index (χ0n) is 7.96. The van der Waals surface area contributed by atoms with E-state index in [1.54, 1.807) is 0 Å². The van der Waals surface area contributed by atoms with Gasteiger partial charge in [0.1, 0.15) is 0 Å². The fourth-order valence-corrected chi connectivity index (χ4v) is 1.46. The van der Waals surface area contributed by atoms with E-state index < -0.39 is 0 Å². The lowest BCUT2D eigenvalue weighted by Crippen LogP contribution is -2.22. The molecule has 1 aromatic carbocycles. The van der Waals surface area contributed by atoms with Gasteiger partial charge in [-0.1, -0.05) is 35.0 Å². The molecule has 2 heteroatoms. The van der Waals surface area contributed by atoms with E-state index in [9.17, 15) is 0 Å². The summed E-state index contributed by atoms with van der Waals surface area (Å²) < 4.78 is 1.13. The molecule has 13 heavy (non-hydrogen) atoms. The van der Waals surface area contributed by atoms with Gasteiger partial charge in [0.25, 0.3) is 0 Å². The summed E-state index contributed by atoms with van der Waals surface area (Å²) in [5, 5.41) is 0. The highest BCUT2D eigenvalue weighted by Crippen LogP contribution is 2.11. The minimum Gasteiger partial charge on any atom is -0.299 e. The first-order valence-corrected chi connectivity index (χ1v) is 5.31. The second-order valence-electron chi connectivity index (χ2n) is 3.00. The lowest BCUT2D eigenvalue weighted by molar-refractivity contribution is 0.310. The van der Waals surface area contributed by atoms with Crippen LogP contribution in [0, 0.1) is 6.92 Å². The van der Waals surface area contributed by atoms with Crippen molar-refractivity contribution in [2.24, 2.45) is 0 Å². The van der Waals surface area contributed by atoms with Crippen LogP contribution in [0.3, 0.4) is 0 Å². The number of rotatable bonds is 4. The molecule has 1 rings (SSSR count). The minimum atomic E-state index is 0.868. The number of benzene rings is 1. The van der Waals surface area contributed by atoms with Crippen LogP contribution in [0.5, 0.6) is 0 Å². The van der Waals surface area contributed by atoms with Crippen molar-refractivity contribution in [2.75, 3.05) is 13.1 Å². The summed E-state index contributed by atoms with van der Waals surface area (Å²) in [6.07, 6.45) is 0. The number of halogens is 1. The maximum absolute atomic E-state index is 3.89. The molecule has 0 aliphatic heterocycles. The molecule has 0 heterocycles. The summed E-state index contributed by atoms with van der Waals surface area (Å²) in [4.78, 5) is 2.29. The molecule has 0 atom stereocenters. The van der Waals surface area contributed by atoms with Gasteiger partial charge in [0, 0.05) is 11.0 Å². The Morgan fingerprint density at radius 2 is 1.92 bits per heavy atom. The van der Waals surface area contributed by atoms with Crippen LogP contribution in [0.1, 0.15) is 12.5 Å². The third kappa shape index (κ3) is 3.49. The number of nitrogens with zero attached hydrogens (tertiary/aromatic N) is 1. The van der Waals surface area contributed by atoms with Crippen molar-refractivity contribution < 1.29 is 0 Å². The summed E-state index contributed by atoms with van der Waals surface area (Å²) >= 11 is 3.42. The molecule has 0 amide bonds. The molecule has 0 spiro atoms. The average molecular weight is 241 g/mol. The molecule has 1 radical (unpaired) electrons. The van der Waals surface area contributed by atoms with E-state index in [2.05, 4.69) is 58.9 Å². The topological polar surface area (TPSA) is 3.24 Å². The van der Waals surface area contributed by atoms with Gasteiger partial charge in [-0.25, -0.2) is 0 Å². The van der Waals surface area contributed by atoms with Gasteiger partial charge in [-0.2, -0.15) is 0 Å². The van der Waals surface area contributed by atoms with Crippen molar-refractivity contribution in [3.05, 3.63) is 41.2 Å². The van der Waals surface area contributed by atoms with Gasteiger partial charge in [-0.15, -0.1) is 0 Å². The molecule has 0 saturated heterocycles. The molecular formula is C11H15BrN. The lowest BCUT2D eigenvalue weighted by Gasteiger charge is -2.17. The van der Waals surface area contributed by atoms with Crippen LogP contribution in [-0.4, -0.2) is 18.0 Å². The van der Waals surface area contributed by atoms with Crippen molar-refractivity contribution in [1.82, 2.24) is 4.90 Å². The second-order valence-corrected chi connectivity index (χ2v) is 3.91. The second kappa shape index (κ2) is 5.40. The molecule has 0 aliphatic carbocycles. The van der Waals surface area contributed by atoms with E-state index in [1.165, 1.54) is 5.56 Å². The van der Waals surface area contributed by atoms with Gasteiger partial charge in [-0.05, 0) is 37.7 Å². The predicted octanol–water partition coefficient (Wildman–Crippen LogP) is 3.11. The summed E-state index contributed by atoms with van der Waals surface area (Å²) in [5.74, 6) is 0. The molecule has 0 N–H and O–H groups in total. The zero-order chi connectivity index (χ0) is 9.68. The molecule has 0 saturated carbocycles. The highest BCUT2D eigenvalue weighted by atomic mass is 79.9. The van der Waals surface area contributed by atoms with Crippen LogP contribution in [0.25, 0.3) is 0 Å². The molecule has 0 unspecified atom stereocenters. The third-order valence-corrected chi connectivity index (χ3v) is 2.61. The smallest absolute Gasteiger partial charge is 0.0233 e. The lowest BCUT2D eigenvalue weighted by atomic mass is 10.2. The van der Waals surface area contributed by atoms with E-state index in [0.29, 0.717) is 0 Å². The van der Waals surface area contributed by atoms with Crippen LogP contribution in [-0.2, 0) is 6.54 Å². The normalized spacial score (nSPS) is 10.8. The molecule has 71 valence electrons. The largest absolute Gasteiger partial charge is 0.299 e. The van der Waals surface area contributed by atoms with Crippen LogP contribution in [0.2, 0.25) is 0 Å². The maximum Gasteiger partial charge on any atom is 0.0233 e. The van der Waals surface area contributed by atoms with Crippen LogP contribution in [0.4, 0.5) is 0 Å². The summed E-state index contributed by atoms with van der Waals surface area (Å²) in [5.41, 5.74) is 1.34. The average Bonchev–Trinajstić information content (AvgIpc) is 2.17. The molecule has 0 aliphatic rings. The summed E-state index contributed by atoms with van der Waals surface area (Å²) in [6, 6.07) is 8.43. The molecule has 1 aromatic rings. The Balaban J connectivity index is 2.58. The third-order valence-electron chi connectivity index (χ3n) is 2.08. The van der Waals surface area contributed by atoms with Gasteiger partial charge in [0.15, 0.2) is 0 Å². The Morgan fingerprint density at radius 1 is 1.31 bits per heavy atom. The van der Waals surface area contributed by atoms with E-state index in [-0.39, 0.29) is 0 Å². The van der Waals surface area contributed by atoms with Crippen molar-refractivity contribution in [2.45, 2.75) is 13.5 Å². The highest BCUT2D eigenvalue weighted by molar-refractivity contribution is 9.10. The fraction of sp³-hybridized carbons (Fsp3) is 0.364. The Hall–Kier alpha value is -0.340. The zero-order valence-corrected chi connectivity index (χ0v) is 9.55. The quantitative estimate of drug-likeness (QED) is 0.782. The summed E-state index contributed by atoms with van der Waals surface area (Å²) in [6.45, 7) is 8.96. The van der Waals surface area contributed by atoms with Crippen LogP contribution >= 0.6 is 15.9 Å². The first kappa shape index (κ1) is 10.7. The Kier molecular flexibility index (Phi) is 4.46. The van der Waals surface area contributed by atoms with Gasteiger partial charge < -0.3 is 0 Å². The van der Waals surface area contributed by atoms with Crippen molar-refractivity contribution in [3.8, 4) is 0 Å². The van der Waals surface area contributed by atoms with Crippen LogP contribution < -0.4 is 0 Å². The molecular weight excluding hydrogens is 226 g/mol. The first-order chi connectivity index (χ1) is 6.26. The van der Waals surface area contributed by atoms with Gasteiger partial charge in [0.05, 0.1) is 0 Å². The number of hydrogen-bond donors (Lipinski definition) is 0. The van der Waals surface area contributed by atoms with Crippen molar-refractivity contribution in [1.29, 1.82) is 0 Å². The van der Waals surface area contributed by atoms with Gasteiger partial charge in [-0.3, -0.25) is 4.90 Å². The van der Waals surface area contributed by atoms with E-state index >= 15 is 0 Å². The minimum absolute atomic E-state index is 0.868. The molecule has 0 bridgehead atoms. The van der Waals surface area contributed by atoms with Gasteiger partial charge >= 0.3 is 0 Å². The van der Waals surface area contributed by atoms with Crippen molar-refractivity contribution >= 4 is 15.9 Å². The van der Waals surface area contributed by atoms with Crippen molar-refractivity contribution in [3.63, 3.8) is 0 Å². The van der Waals surface area contributed by atoms with Gasteiger partial charge in [0.2, 0.25) is 0 Å². The Morgan fingerprint density at radius 3 is 2.38 bits per heavy atom. The Bertz CT molecular complexity index is 239. The predicted molar refractivity (Wildman–Crippen MR) is 60.5 cm³/mol. The molecule has 1 nitrogen and oxygen atoms in total. The SMILES string of the molecule is [CH2]CN(CC)Cc1ccc(Br)cc1. The highest BCUT2D eigenvalue weighted by Gasteiger charge is 1.99. The maximum atomic E-state index is 3.89. The Labute approximate surface area is 88.9 Å². The van der Waals surface area contributed by atoms with Crippen LogP contribution in [0.15, 0.2) is 28.7 Å². The van der Waals surface area contributed by atoms with E-state index in [0.717, 1.165) is 24.1 Å². The standard InChI is InChI=1S/C11H15BrN/c1-3-13(4-2)9-10-5-7-11(12)8-6-10/h5-8H,1,3-4,9H2,2H3. The molecule has 0 aromatic heterocycles. The number of hydrogen-bond acceptors (Lipinski definition) is 1.